The minimum atomic E-state index is -1.24. The first-order valence-corrected chi connectivity index (χ1v) is 11.8. The molecule has 4 aromatic rings. The number of aliphatic hydroxyl groups is 1. The van der Waals surface area contributed by atoms with Crippen LogP contribution in [0.15, 0.2) is 67.0 Å². The van der Waals surface area contributed by atoms with E-state index in [1.165, 1.54) is 0 Å². The molecule has 7 heteroatoms. The van der Waals surface area contributed by atoms with Crippen LogP contribution in [0, 0.1) is 0 Å². The number of ether oxygens (including phenoxy) is 2. The van der Waals surface area contributed by atoms with Crippen molar-refractivity contribution in [3.63, 3.8) is 0 Å². The van der Waals surface area contributed by atoms with Gasteiger partial charge in [-0.15, -0.1) is 0 Å². The molecule has 1 fully saturated rings. The smallest absolute Gasteiger partial charge is 0.255 e. The topological polar surface area (TPSA) is 87.7 Å². The summed E-state index contributed by atoms with van der Waals surface area (Å²) >= 11 is 0. The molecule has 180 valence electrons. The lowest BCUT2D eigenvalue weighted by Gasteiger charge is -2.23. The van der Waals surface area contributed by atoms with Crippen LogP contribution >= 0.6 is 0 Å². The number of benzene rings is 2. The van der Waals surface area contributed by atoms with E-state index in [1.807, 2.05) is 48.7 Å². The number of nitrogens with zero attached hydrogens (tertiary/aromatic N) is 2. The van der Waals surface area contributed by atoms with Crippen LogP contribution < -0.4 is 4.74 Å². The summed E-state index contributed by atoms with van der Waals surface area (Å²) in [6.45, 7) is 1.21. The van der Waals surface area contributed by atoms with Gasteiger partial charge in [-0.05, 0) is 42.2 Å². The van der Waals surface area contributed by atoms with Gasteiger partial charge in [0.15, 0.2) is 6.10 Å². The van der Waals surface area contributed by atoms with Crippen molar-refractivity contribution in [3.8, 4) is 28.0 Å². The molecule has 0 spiro atoms. The van der Waals surface area contributed by atoms with Crippen LogP contribution in [0.3, 0.4) is 0 Å². The second-order valence-corrected chi connectivity index (χ2v) is 8.90. The van der Waals surface area contributed by atoms with E-state index in [9.17, 15) is 9.90 Å². The molecule has 1 aliphatic heterocycles. The summed E-state index contributed by atoms with van der Waals surface area (Å²) in [4.78, 5) is 22.3. The van der Waals surface area contributed by atoms with E-state index in [1.54, 1.807) is 31.3 Å². The molecular weight excluding hydrogens is 442 g/mol. The largest absolute Gasteiger partial charge is 0.496 e. The van der Waals surface area contributed by atoms with E-state index in [4.69, 9.17) is 9.47 Å². The highest BCUT2D eigenvalue weighted by Gasteiger charge is 2.25. The molecule has 0 aliphatic carbocycles. The zero-order chi connectivity index (χ0) is 24.4. The number of fused-ring (bicyclic) bond motifs is 1. The molecule has 0 radical (unpaired) electrons. The highest BCUT2D eigenvalue weighted by molar-refractivity contribution is 5.97. The monoisotopic (exact) mass is 471 g/mol. The second-order valence-electron chi connectivity index (χ2n) is 8.90. The average molecular weight is 472 g/mol. The zero-order valence-electron chi connectivity index (χ0n) is 19.9. The Labute approximate surface area is 204 Å². The average Bonchev–Trinajstić information content (AvgIpc) is 3.57. The Bertz CT molecular complexity index is 1340. The third-order valence-corrected chi connectivity index (χ3v) is 6.58. The number of pyridine rings is 1. The fourth-order valence-corrected chi connectivity index (χ4v) is 4.67. The maximum atomic E-state index is 12.9. The Morgan fingerprint density at radius 3 is 2.86 bits per heavy atom. The van der Waals surface area contributed by atoms with E-state index in [0.717, 1.165) is 58.5 Å². The predicted molar refractivity (Wildman–Crippen MR) is 135 cm³/mol. The number of nitrogens with one attached hydrogen (secondary N) is 1. The summed E-state index contributed by atoms with van der Waals surface area (Å²) in [5.74, 6) is 0.449. The fourth-order valence-electron chi connectivity index (χ4n) is 4.67. The second kappa shape index (κ2) is 9.90. The first kappa shape index (κ1) is 23.1. The molecule has 1 aliphatic rings. The number of methoxy groups -OCH3 is 1. The molecule has 2 unspecified atom stereocenters. The number of aromatic amines is 1. The van der Waals surface area contributed by atoms with E-state index in [2.05, 4.69) is 16.0 Å². The van der Waals surface area contributed by atoms with Crippen molar-refractivity contribution in [1.82, 2.24) is 14.9 Å². The number of hydrogen-bond donors (Lipinski definition) is 2. The molecule has 3 heterocycles. The van der Waals surface area contributed by atoms with Crippen molar-refractivity contribution in [2.75, 3.05) is 27.3 Å². The summed E-state index contributed by atoms with van der Waals surface area (Å²) in [6.07, 6.45) is 4.47. The van der Waals surface area contributed by atoms with Crippen LogP contribution in [0.2, 0.25) is 0 Å². The van der Waals surface area contributed by atoms with Crippen LogP contribution in [0.25, 0.3) is 33.3 Å². The summed E-state index contributed by atoms with van der Waals surface area (Å²) in [5.41, 5.74) is 5.06. The van der Waals surface area contributed by atoms with Gasteiger partial charge in [0.1, 0.15) is 11.4 Å². The minimum Gasteiger partial charge on any atom is -0.496 e. The quantitative estimate of drug-likeness (QED) is 0.412. The number of H-pyrrole nitrogens is 1. The normalized spacial score (nSPS) is 16.4. The number of carbonyl (C=O) groups is 1. The summed E-state index contributed by atoms with van der Waals surface area (Å²) in [6, 6.07) is 17.4. The van der Waals surface area contributed by atoms with Gasteiger partial charge in [-0.25, -0.2) is 4.98 Å². The lowest BCUT2D eigenvalue weighted by Crippen LogP contribution is -2.37. The number of aliphatic hydroxyl groups excluding tert-OH is 1. The first-order chi connectivity index (χ1) is 17.0. The Balaban J connectivity index is 1.43. The standard InChI is InChI=1S/C28H29N3O4/c1-31(17-21-9-6-12-35-21)28(33)26(32)19-8-5-7-18(13-19)20-14-23-24(16-30-27(23)29-15-20)22-10-3-4-11-25(22)34-2/h3-5,7-8,10-11,13-16,21,26,32H,6,9,12,17H2,1-2H3,(H,29,30). The summed E-state index contributed by atoms with van der Waals surface area (Å²) in [7, 11) is 3.37. The van der Waals surface area contributed by atoms with Gasteiger partial charge in [0.05, 0.1) is 13.2 Å². The maximum absolute atomic E-state index is 12.9. The van der Waals surface area contributed by atoms with Crippen molar-refractivity contribution in [2.45, 2.75) is 25.0 Å². The lowest BCUT2D eigenvalue weighted by atomic mass is 9.99. The molecular formula is C28H29N3O4. The number of para-hydroxylation sites is 1. The Morgan fingerprint density at radius 1 is 1.20 bits per heavy atom. The number of likely N-dealkylation sites (N-methyl/N-ethyl adjacent to an activating group) is 1. The van der Waals surface area contributed by atoms with Crippen LogP contribution in [0.5, 0.6) is 5.75 Å². The Kier molecular flexibility index (Phi) is 6.53. The summed E-state index contributed by atoms with van der Waals surface area (Å²) in [5, 5.41) is 11.8. The van der Waals surface area contributed by atoms with Crippen molar-refractivity contribution in [3.05, 3.63) is 72.6 Å². The molecule has 2 N–H and O–H groups in total. The van der Waals surface area contributed by atoms with E-state index >= 15 is 0 Å². The van der Waals surface area contributed by atoms with Gasteiger partial charge in [0.2, 0.25) is 0 Å². The third kappa shape index (κ3) is 4.65. The van der Waals surface area contributed by atoms with Gasteiger partial charge in [-0.3, -0.25) is 4.79 Å². The number of rotatable bonds is 7. The summed E-state index contributed by atoms with van der Waals surface area (Å²) < 4.78 is 11.2. The van der Waals surface area contributed by atoms with E-state index < -0.39 is 6.10 Å². The highest BCUT2D eigenvalue weighted by atomic mass is 16.5. The number of hydrogen-bond acceptors (Lipinski definition) is 5. The van der Waals surface area contributed by atoms with Crippen molar-refractivity contribution in [2.24, 2.45) is 0 Å². The molecule has 2 aromatic heterocycles. The van der Waals surface area contributed by atoms with Gasteiger partial charge in [-0.2, -0.15) is 0 Å². The maximum Gasteiger partial charge on any atom is 0.255 e. The van der Waals surface area contributed by atoms with Crippen LogP contribution in [0.1, 0.15) is 24.5 Å². The van der Waals surface area contributed by atoms with Gasteiger partial charge >= 0.3 is 0 Å². The van der Waals surface area contributed by atoms with Crippen LogP contribution in [-0.4, -0.2) is 59.3 Å². The molecule has 2 atom stereocenters. The fraction of sp³-hybridized carbons (Fsp3) is 0.286. The van der Waals surface area contributed by atoms with Crippen LogP contribution in [-0.2, 0) is 9.53 Å². The van der Waals surface area contributed by atoms with Crippen molar-refractivity contribution >= 4 is 16.9 Å². The van der Waals surface area contributed by atoms with E-state index in [0.29, 0.717) is 12.1 Å². The molecule has 0 bridgehead atoms. The predicted octanol–water partition coefficient (Wildman–Crippen LogP) is 4.58. The number of carbonyl (C=O) groups excluding carboxylic acids is 1. The van der Waals surface area contributed by atoms with Gasteiger partial charge in [0.25, 0.3) is 5.91 Å². The van der Waals surface area contributed by atoms with Gasteiger partial charge in [-0.1, -0.05) is 36.4 Å². The molecule has 5 rings (SSSR count). The Morgan fingerprint density at radius 2 is 2.06 bits per heavy atom. The Hall–Kier alpha value is -3.68. The van der Waals surface area contributed by atoms with Gasteiger partial charge in [0, 0.05) is 54.7 Å². The van der Waals surface area contributed by atoms with Crippen molar-refractivity contribution < 1.29 is 19.4 Å². The number of amides is 1. The molecule has 1 saturated heterocycles. The number of aromatic nitrogens is 2. The zero-order valence-corrected chi connectivity index (χ0v) is 19.9. The molecule has 35 heavy (non-hydrogen) atoms. The molecule has 2 aromatic carbocycles. The first-order valence-electron chi connectivity index (χ1n) is 11.8. The highest BCUT2D eigenvalue weighted by Crippen LogP contribution is 2.36. The minimum absolute atomic E-state index is 0.0408. The lowest BCUT2D eigenvalue weighted by molar-refractivity contribution is -0.140. The molecule has 1 amide bonds. The SMILES string of the molecule is COc1ccccc1-c1c[nH]c2ncc(-c3cccc(C(O)C(=O)N(C)CC4CCCO4)c3)cc12. The van der Waals surface area contributed by atoms with E-state index in [-0.39, 0.29) is 12.0 Å². The third-order valence-electron chi connectivity index (χ3n) is 6.58. The molecule has 7 nitrogen and oxygen atoms in total. The van der Waals surface area contributed by atoms with Gasteiger partial charge < -0.3 is 24.5 Å². The molecule has 0 saturated carbocycles. The van der Waals surface area contributed by atoms with Crippen LogP contribution in [0.4, 0.5) is 0 Å². The van der Waals surface area contributed by atoms with Crippen molar-refractivity contribution in [1.29, 1.82) is 0 Å².